The standard InChI is InChI=1S/C15H18N2O2/c1-16(2)9-12-13(17(3)4)15(19)11-8-6-5-7-10(11)14(12)18/h5-8H,9H2,1-4H3. The van der Waals surface area contributed by atoms with Crippen LogP contribution < -0.4 is 0 Å². The molecule has 0 aliphatic heterocycles. The van der Waals surface area contributed by atoms with Gasteiger partial charge >= 0.3 is 0 Å². The van der Waals surface area contributed by atoms with Crippen molar-refractivity contribution in [3.63, 3.8) is 0 Å². The van der Waals surface area contributed by atoms with Gasteiger partial charge in [-0.15, -0.1) is 0 Å². The molecule has 0 saturated heterocycles. The molecule has 100 valence electrons. The second-order valence-corrected chi connectivity index (χ2v) is 5.16. The normalized spacial score (nSPS) is 15.0. The van der Waals surface area contributed by atoms with Crippen molar-refractivity contribution in [1.29, 1.82) is 0 Å². The summed E-state index contributed by atoms with van der Waals surface area (Å²) in [5, 5.41) is 0. The van der Waals surface area contributed by atoms with E-state index < -0.39 is 0 Å². The fraction of sp³-hybridized carbons (Fsp3) is 0.333. The molecule has 0 atom stereocenters. The molecule has 0 fully saturated rings. The van der Waals surface area contributed by atoms with Gasteiger partial charge in [-0.05, 0) is 14.1 Å². The summed E-state index contributed by atoms with van der Waals surface area (Å²) in [5.74, 6) is -0.121. The molecular weight excluding hydrogens is 240 g/mol. The molecule has 1 aliphatic carbocycles. The maximum atomic E-state index is 12.5. The second kappa shape index (κ2) is 4.97. The van der Waals surface area contributed by atoms with Crippen molar-refractivity contribution in [2.45, 2.75) is 0 Å². The van der Waals surface area contributed by atoms with E-state index in [2.05, 4.69) is 0 Å². The van der Waals surface area contributed by atoms with E-state index in [1.54, 1.807) is 43.3 Å². The van der Waals surface area contributed by atoms with E-state index in [1.807, 2.05) is 19.0 Å². The summed E-state index contributed by atoms with van der Waals surface area (Å²) in [6.07, 6.45) is 0. The number of benzene rings is 1. The summed E-state index contributed by atoms with van der Waals surface area (Å²) in [4.78, 5) is 28.7. The first-order valence-corrected chi connectivity index (χ1v) is 6.17. The van der Waals surface area contributed by atoms with E-state index in [4.69, 9.17) is 0 Å². The van der Waals surface area contributed by atoms with Gasteiger partial charge in [-0.25, -0.2) is 0 Å². The minimum absolute atomic E-state index is 0.0485. The van der Waals surface area contributed by atoms with E-state index in [9.17, 15) is 9.59 Å². The molecule has 19 heavy (non-hydrogen) atoms. The summed E-state index contributed by atoms with van der Waals surface area (Å²) in [6.45, 7) is 0.465. The van der Waals surface area contributed by atoms with Crippen molar-refractivity contribution in [2.75, 3.05) is 34.7 Å². The summed E-state index contributed by atoms with van der Waals surface area (Å²) >= 11 is 0. The number of allylic oxidation sites excluding steroid dienone is 1. The lowest BCUT2D eigenvalue weighted by atomic mass is 9.86. The highest BCUT2D eigenvalue weighted by Crippen LogP contribution is 2.27. The maximum Gasteiger partial charge on any atom is 0.210 e. The lowest BCUT2D eigenvalue weighted by Gasteiger charge is -2.27. The number of likely N-dealkylation sites (N-methyl/N-ethyl adjacent to an activating group) is 2. The van der Waals surface area contributed by atoms with Crippen LogP contribution in [0.5, 0.6) is 0 Å². The molecule has 1 aromatic carbocycles. The van der Waals surface area contributed by atoms with Crippen LogP contribution in [0.15, 0.2) is 35.5 Å². The Morgan fingerprint density at radius 2 is 1.42 bits per heavy atom. The average Bonchev–Trinajstić information content (AvgIpc) is 2.35. The van der Waals surface area contributed by atoms with E-state index >= 15 is 0 Å². The van der Waals surface area contributed by atoms with Gasteiger partial charge < -0.3 is 9.80 Å². The molecule has 1 aliphatic rings. The van der Waals surface area contributed by atoms with Crippen molar-refractivity contribution in [3.8, 4) is 0 Å². The Bertz CT molecular complexity index is 571. The van der Waals surface area contributed by atoms with Crippen molar-refractivity contribution in [3.05, 3.63) is 46.7 Å². The van der Waals surface area contributed by atoms with Crippen LogP contribution in [0.25, 0.3) is 0 Å². The number of hydrogen-bond donors (Lipinski definition) is 0. The lowest BCUT2D eigenvalue weighted by molar-refractivity contribution is 0.0947. The topological polar surface area (TPSA) is 40.6 Å². The highest BCUT2D eigenvalue weighted by molar-refractivity contribution is 6.26. The van der Waals surface area contributed by atoms with Gasteiger partial charge in [0.05, 0.1) is 5.70 Å². The zero-order valence-corrected chi connectivity index (χ0v) is 11.7. The third-order valence-electron chi connectivity index (χ3n) is 3.11. The molecular formula is C15H18N2O2. The number of fused-ring (bicyclic) bond motifs is 1. The fourth-order valence-corrected chi connectivity index (χ4v) is 2.35. The van der Waals surface area contributed by atoms with E-state index in [-0.39, 0.29) is 11.6 Å². The largest absolute Gasteiger partial charge is 0.374 e. The van der Waals surface area contributed by atoms with Crippen LogP contribution in [0.4, 0.5) is 0 Å². The first-order chi connectivity index (χ1) is 8.93. The summed E-state index contributed by atoms with van der Waals surface area (Å²) < 4.78 is 0. The zero-order chi connectivity index (χ0) is 14.2. The van der Waals surface area contributed by atoms with Crippen molar-refractivity contribution < 1.29 is 9.59 Å². The number of ketones is 2. The Morgan fingerprint density at radius 1 is 0.895 bits per heavy atom. The van der Waals surface area contributed by atoms with Crippen molar-refractivity contribution in [2.24, 2.45) is 0 Å². The molecule has 0 radical (unpaired) electrons. The van der Waals surface area contributed by atoms with Crippen LogP contribution in [0.1, 0.15) is 20.7 Å². The highest BCUT2D eigenvalue weighted by atomic mass is 16.1. The van der Waals surface area contributed by atoms with E-state index in [1.165, 1.54) is 0 Å². The molecule has 0 amide bonds. The quantitative estimate of drug-likeness (QED) is 0.822. The molecule has 0 heterocycles. The molecule has 0 unspecified atom stereocenters. The molecule has 0 saturated carbocycles. The van der Waals surface area contributed by atoms with Crippen molar-refractivity contribution >= 4 is 11.6 Å². The number of rotatable bonds is 3. The molecule has 2 rings (SSSR count). The van der Waals surface area contributed by atoms with Crippen LogP contribution in [-0.2, 0) is 0 Å². The van der Waals surface area contributed by atoms with Crippen molar-refractivity contribution in [1.82, 2.24) is 9.80 Å². The smallest absolute Gasteiger partial charge is 0.210 e. The zero-order valence-electron chi connectivity index (χ0n) is 11.7. The molecule has 0 spiro atoms. The molecule has 0 aromatic heterocycles. The van der Waals surface area contributed by atoms with Gasteiger partial charge in [-0.1, -0.05) is 24.3 Å². The Balaban J connectivity index is 2.62. The maximum absolute atomic E-state index is 12.5. The Labute approximate surface area is 113 Å². The van der Waals surface area contributed by atoms with Gasteiger partial charge in [0.2, 0.25) is 5.78 Å². The minimum atomic E-state index is -0.0722. The van der Waals surface area contributed by atoms with Gasteiger partial charge in [0, 0.05) is 37.3 Å². The molecule has 4 heteroatoms. The third-order valence-corrected chi connectivity index (χ3v) is 3.11. The number of nitrogens with zero attached hydrogens (tertiary/aromatic N) is 2. The lowest BCUT2D eigenvalue weighted by Crippen LogP contribution is -2.33. The number of Topliss-reactive ketones (excluding diaryl/α,β-unsaturated/α-hetero) is 2. The predicted octanol–water partition coefficient (Wildman–Crippen LogP) is 1.44. The average molecular weight is 258 g/mol. The van der Waals surface area contributed by atoms with E-state index in [0.29, 0.717) is 28.9 Å². The fourth-order valence-electron chi connectivity index (χ4n) is 2.35. The van der Waals surface area contributed by atoms with Crippen LogP contribution in [-0.4, -0.2) is 56.1 Å². The Morgan fingerprint density at radius 3 is 1.89 bits per heavy atom. The van der Waals surface area contributed by atoms with Gasteiger partial charge in [-0.2, -0.15) is 0 Å². The third kappa shape index (κ3) is 2.31. The molecule has 0 bridgehead atoms. The summed E-state index contributed by atoms with van der Waals surface area (Å²) in [5.41, 5.74) is 2.07. The van der Waals surface area contributed by atoms with Crippen LogP contribution in [0.2, 0.25) is 0 Å². The van der Waals surface area contributed by atoms with Gasteiger partial charge in [0.1, 0.15) is 0 Å². The second-order valence-electron chi connectivity index (χ2n) is 5.16. The first kappa shape index (κ1) is 13.5. The van der Waals surface area contributed by atoms with Gasteiger partial charge in [-0.3, -0.25) is 9.59 Å². The van der Waals surface area contributed by atoms with Crippen LogP contribution in [0, 0.1) is 0 Å². The summed E-state index contributed by atoms with van der Waals surface area (Å²) in [6, 6.07) is 7.01. The number of carbonyl (C=O) groups excluding carboxylic acids is 2. The molecule has 4 nitrogen and oxygen atoms in total. The Hall–Kier alpha value is -1.94. The number of hydrogen-bond acceptors (Lipinski definition) is 4. The number of carbonyl (C=O) groups is 2. The van der Waals surface area contributed by atoms with Gasteiger partial charge in [0.25, 0.3) is 0 Å². The first-order valence-electron chi connectivity index (χ1n) is 6.17. The Kier molecular flexibility index (Phi) is 3.53. The van der Waals surface area contributed by atoms with Crippen LogP contribution in [0.3, 0.4) is 0 Å². The minimum Gasteiger partial charge on any atom is -0.374 e. The monoisotopic (exact) mass is 258 g/mol. The highest BCUT2D eigenvalue weighted by Gasteiger charge is 2.32. The molecule has 1 aromatic rings. The summed E-state index contributed by atoms with van der Waals surface area (Å²) in [7, 11) is 7.37. The van der Waals surface area contributed by atoms with E-state index in [0.717, 1.165) is 0 Å². The van der Waals surface area contributed by atoms with Crippen LogP contribution >= 0.6 is 0 Å². The predicted molar refractivity (Wildman–Crippen MR) is 74.4 cm³/mol. The molecule has 0 N–H and O–H groups in total. The SMILES string of the molecule is CN(C)CC1=C(N(C)C)C(=O)c2ccccc2C1=O. The van der Waals surface area contributed by atoms with Gasteiger partial charge in [0.15, 0.2) is 5.78 Å².